The van der Waals surface area contributed by atoms with Crippen molar-refractivity contribution in [1.82, 2.24) is 0 Å². The smallest absolute Gasteiger partial charge is 0.335 e. The number of rotatable bonds is 4. The van der Waals surface area contributed by atoms with Crippen LogP contribution in [0.3, 0.4) is 0 Å². The van der Waals surface area contributed by atoms with Gasteiger partial charge in [-0.25, -0.2) is 9.18 Å². The topological polar surface area (TPSA) is 63.6 Å². The molecule has 6 heteroatoms. The first kappa shape index (κ1) is 14.1. The van der Waals surface area contributed by atoms with Gasteiger partial charge in [0.1, 0.15) is 5.82 Å². The summed E-state index contributed by atoms with van der Waals surface area (Å²) in [6.45, 7) is 0.638. The number of carbonyl (C=O) groups is 1. The molecule has 1 heterocycles. The number of hydrogen-bond acceptors (Lipinski definition) is 3. The Morgan fingerprint density at radius 2 is 2.26 bits per heavy atom. The first-order chi connectivity index (χ1) is 9.08. The molecule has 1 aromatic rings. The quantitative estimate of drug-likeness (QED) is 0.921. The second-order valence-electron chi connectivity index (χ2n) is 4.45. The highest BCUT2D eigenvalue weighted by Gasteiger charge is 2.20. The third-order valence-corrected chi connectivity index (χ3v) is 4.51. The van der Waals surface area contributed by atoms with Crippen molar-refractivity contribution in [2.75, 3.05) is 12.4 Å². The fraction of sp³-hybridized carbons (Fsp3) is 0.462. The molecule has 0 amide bonds. The van der Waals surface area contributed by atoms with Crippen LogP contribution in [0.15, 0.2) is 23.1 Å². The lowest BCUT2D eigenvalue weighted by atomic mass is 10.1. The Bertz CT molecular complexity index is 497. The molecule has 0 radical (unpaired) electrons. The van der Waals surface area contributed by atoms with Crippen LogP contribution in [0.1, 0.15) is 29.6 Å². The second kappa shape index (κ2) is 6.25. The number of carboxylic acid groups (broad SMARTS) is 1. The van der Waals surface area contributed by atoms with Crippen LogP contribution in [0.4, 0.5) is 4.39 Å². The summed E-state index contributed by atoms with van der Waals surface area (Å²) in [5.74, 6) is -1.59. The number of carboxylic acids is 1. The van der Waals surface area contributed by atoms with Gasteiger partial charge in [0.2, 0.25) is 0 Å². The Labute approximate surface area is 113 Å². The van der Waals surface area contributed by atoms with Crippen molar-refractivity contribution in [2.24, 2.45) is 0 Å². The van der Waals surface area contributed by atoms with Crippen LogP contribution in [0.5, 0.6) is 0 Å². The van der Waals surface area contributed by atoms with E-state index in [1.165, 1.54) is 0 Å². The largest absolute Gasteiger partial charge is 0.478 e. The van der Waals surface area contributed by atoms with Crippen LogP contribution in [0.2, 0.25) is 0 Å². The molecule has 104 valence electrons. The zero-order valence-corrected chi connectivity index (χ0v) is 11.1. The van der Waals surface area contributed by atoms with Gasteiger partial charge >= 0.3 is 5.97 Å². The van der Waals surface area contributed by atoms with Gasteiger partial charge in [0.05, 0.1) is 33.1 Å². The van der Waals surface area contributed by atoms with Gasteiger partial charge in [0.25, 0.3) is 0 Å². The lowest BCUT2D eigenvalue weighted by Crippen LogP contribution is -2.25. The van der Waals surface area contributed by atoms with Gasteiger partial charge in [-0.05, 0) is 37.5 Å². The molecule has 19 heavy (non-hydrogen) atoms. The summed E-state index contributed by atoms with van der Waals surface area (Å²) in [4.78, 5) is 10.8. The average molecular weight is 286 g/mol. The summed E-state index contributed by atoms with van der Waals surface area (Å²) >= 11 is 0. The molecular formula is C13H15FO4S. The summed E-state index contributed by atoms with van der Waals surface area (Å²) in [7, 11) is -1.58. The molecule has 1 aliphatic rings. The van der Waals surface area contributed by atoms with E-state index in [9.17, 15) is 13.4 Å². The van der Waals surface area contributed by atoms with Gasteiger partial charge in [-0.15, -0.1) is 0 Å². The lowest BCUT2D eigenvalue weighted by molar-refractivity contribution is 0.0310. The van der Waals surface area contributed by atoms with E-state index in [4.69, 9.17) is 9.84 Å². The van der Waals surface area contributed by atoms with Crippen molar-refractivity contribution < 1.29 is 23.2 Å². The molecule has 1 saturated heterocycles. The number of ether oxygens (including phenoxy) is 1. The maximum absolute atomic E-state index is 13.6. The molecule has 4 nitrogen and oxygen atoms in total. The molecule has 0 aromatic heterocycles. The summed E-state index contributed by atoms with van der Waals surface area (Å²) in [6.07, 6.45) is 2.68. The third-order valence-electron chi connectivity index (χ3n) is 3.03. The molecule has 0 saturated carbocycles. The summed E-state index contributed by atoms with van der Waals surface area (Å²) < 4.78 is 31.2. The maximum Gasteiger partial charge on any atom is 0.335 e. The van der Waals surface area contributed by atoms with Crippen molar-refractivity contribution in [1.29, 1.82) is 0 Å². The monoisotopic (exact) mass is 286 g/mol. The van der Waals surface area contributed by atoms with Gasteiger partial charge in [-0.2, -0.15) is 0 Å². The highest BCUT2D eigenvalue weighted by molar-refractivity contribution is 7.85. The molecule has 1 N–H and O–H groups in total. The zero-order valence-electron chi connectivity index (χ0n) is 10.3. The molecule has 1 aromatic carbocycles. The first-order valence-corrected chi connectivity index (χ1v) is 7.42. The minimum atomic E-state index is -1.58. The molecule has 0 aliphatic carbocycles. The highest BCUT2D eigenvalue weighted by Crippen LogP contribution is 2.19. The molecule has 2 rings (SSSR count). The number of aromatic carboxylic acids is 1. The molecule has 2 atom stereocenters. The van der Waals surface area contributed by atoms with Gasteiger partial charge in [-0.1, -0.05) is 0 Å². The predicted molar refractivity (Wildman–Crippen MR) is 68.2 cm³/mol. The average Bonchev–Trinajstić information content (AvgIpc) is 2.40. The number of halogens is 1. The van der Waals surface area contributed by atoms with Gasteiger partial charge < -0.3 is 9.84 Å². The van der Waals surface area contributed by atoms with Crippen molar-refractivity contribution in [2.45, 2.75) is 30.3 Å². The van der Waals surface area contributed by atoms with Crippen LogP contribution in [0, 0.1) is 5.82 Å². The van der Waals surface area contributed by atoms with E-state index in [1.807, 2.05) is 0 Å². The second-order valence-corrected chi connectivity index (χ2v) is 5.92. The standard InChI is InChI=1S/C13H15FO4S/c14-11-5-4-9(13(15)16)7-12(11)19(17)8-10-3-1-2-6-18-10/h4-5,7,10H,1-3,6,8H2,(H,15,16). The Balaban J connectivity index is 2.13. The van der Waals surface area contributed by atoms with E-state index in [1.54, 1.807) is 0 Å². The van der Waals surface area contributed by atoms with Crippen LogP contribution in [-0.2, 0) is 15.5 Å². The Hall–Kier alpha value is -1.27. The zero-order chi connectivity index (χ0) is 13.8. The maximum atomic E-state index is 13.6. The molecule has 2 unspecified atom stereocenters. The number of hydrogen-bond donors (Lipinski definition) is 1. The fourth-order valence-corrected chi connectivity index (χ4v) is 3.33. The van der Waals surface area contributed by atoms with Gasteiger partial charge in [0.15, 0.2) is 0 Å². The predicted octanol–water partition coefficient (Wildman–Crippen LogP) is 2.20. The Morgan fingerprint density at radius 3 is 2.89 bits per heavy atom. The fourth-order valence-electron chi connectivity index (χ4n) is 2.01. The van der Waals surface area contributed by atoms with Crippen molar-refractivity contribution in [3.63, 3.8) is 0 Å². The van der Waals surface area contributed by atoms with Crippen molar-refractivity contribution >= 4 is 16.8 Å². The van der Waals surface area contributed by atoms with Gasteiger partial charge in [0, 0.05) is 6.61 Å². The summed E-state index contributed by atoms with van der Waals surface area (Å²) in [6, 6.07) is 3.34. The van der Waals surface area contributed by atoms with E-state index >= 15 is 0 Å². The normalized spacial score (nSPS) is 21.0. The van der Waals surface area contributed by atoms with Crippen LogP contribution < -0.4 is 0 Å². The minimum absolute atomic E-state index is 0.0608. The van der Waals surface area contributed by atoms with E-state index in [0.29, 0.717) is 6.61 Å². The summed E-state index contributed by atoms with van der Waals surface area (Å²) in [5.41, 5.74) is -0.0608. The Morgan fingerprint density at radius 1 is 1.47 bits per heavy atom. The van der Waals surface area contributed by atoms with Crippen LogP contribution >= 0.6 is 0 Å². The molecule has 1 aliphatic heterocycles. The van der Waals surface area contributed by atoms with Crippen molar-refractivity contribution in [3.8, 4) is 0 Å². The van der Waals surface area contributed by atoms with Crippen molar-refractivity contribution in [3.05, 3.63) is 29.6 Å². The molecular weight excluding hydrogens is 271 g/mol. The van der Waals surface area contributed by atoms with Gasteiger partial charge in [-0.3, -0.25) is 4.21 Å². The molecule has 0 bridgehead atoms. The third kappa shape index (κ3) is 3.61. The molecule has 1 fully saturated rings. The van der Waals surface area contributed by atoms with E-state index in [2.05, 4.69) is 0 Å². The highest BCUT2D eigenvalue weighted by atomic mass is 32.2. The number of benzene rings is 1. The Kier molecular flexibility index (Phi) is 4.66. The van der Waals surface area contributed by atoms with E-state index in [-0.39, 0.29) is 22.3 Å². The first-order valence-electron chi connectivity index (χ1n) is 6.11. The minimum Gasteiger partial charge on any atom is -0.478 e. The lowest BCUT2D eigenvalue weighted by Gasteiger charge is -2.22. The SMILES string of the molecule is O=C(O)c1ccc(F)c(S(=O)CC2CCCCO2)c1. The van der Waals surface area contributed by atoms with Crippen LogP contribution in [0.25, 0.3) is 0 Å². The van der Waals surface area contributed by atoms with E-state index in [0.717, 1.165) is 37.5 Å². The summed E-state index contributed by atoms with van der Waals surface area (Å²) in [5, 5.41) is 8.86. The van der Waals surface area contributed by atoms with E-state index < -0.39 is 22.6 Å². The molecule has 0 spiro atoms. The van der Waals surface area contributed by atoms with Crippen LogP contribution in [-0.4, -0.2) is 33.7 Å².